The molecule has 65 heavy (non-hydrogen) atoms. The van der Waals surface area contributed by atoms with Crippen LogP contribution >= 0.6 is 0 Å². The molecule has 1 heterocycles. The van der Waals surface area contributed by atoms with Gasteiger partial charge in [-0.15, -0.1) is 0 Å². The highest BCUT2D eigenvalue weighted by atomic mass is 15.1. The Morgan fingerprint density at radius 3 is 1.69 bits per heavy atom. The molecular formula is C63H62N2. The number of aromatic nitrogens is 1. The van der Waals surface area contributed by atoms with Gasteiger partial charge in [-0.25, -0.2) is 0 Å². The third-order valence-corrected chi connectivity index (χ3v) is 13.9. The predicted octanol–water partition coefficient (Wildman–Crippen LogP) is 18.0. The van der Waals surface area contributed by atoms with Crippen LogP contribution in [-0.2, 0) is 19.3 Å². The van der Waals surface area contributed by atoms with Gasteiger partial charge in [0, 0.05) is 33.5 Å². The fourth-order valence-corrected chi connectivity index (χ4v) is 10.5. The number of para-hydroxylation sites is 1. The maximum absolute atomic E-state index is 2.64. The molecule has 0 amide bonds. The van der Waals surface area contributed by atoms with Crippen molar-refractivity contribution in [1.82, 2.24) is 4.57 Å². The number of hydrogen-bond acceptors (Lipinski definition) is 1. The summed E-state index contributed by atoms with van der Waals surface area (Å²) in [5, 5.41) is 2.70. The molecule has 2 nitrogen and oxygen atoms in total. The lowest BCUT2D eigenvalue weighted by molar-refractivity contribution is 0.663. The minimum atomic E-state index is 1.00. The third kappa shape index (κ3) is 8.55. The van der Waals surface area contributed by atoms with Crippen LogP contribution in [0.2, 0.25) is 0 Å². The van der Waals surface area contributed by atoms with E-state index in [9.17, 15) is 0 Å². The Kier molecular flexibility index (Phi) is 12.3. The summed E-state index contributed by atoms with van der Waals surface area (Å²) in [6, 6.07) is 64.4. The van der Waals surface area contributed by atoms with E-state index in [0.717, 1.165) is 36.3 Å². The van der Waals surface area contributed by atoms with E-state index in [0.29, 0.717) is 0 Å². The maximum Gasteiger partial charge on any atom is 0.0547 e. The van der Waals surface area contributed by atoms with Gasteiger partial charge in [0.25, 0.3) is 0 Å². The van der Waals surface area contributed by atoms with Crippen LogP contribution in [-0.4, -0.2) is 4.57 Å². The molecule has 0 spiro atoms. The van der Waals surface area contributed by atoms with Gasteiger partial charge in [-0.3, -0.25) is 0 Å². The molecule has 1 aromatic heterocycles. The lowest BCUT2D eigenvalue weighted by Crippen LogP contribution is -2.10. The first-order chi connectivity index (χ1) is 32.0. The van der Waals surface area contributed by atoms with Gasteiger partial charge >= 0.3 is 0 Å². The fraction of sp³-hybridized carbons (Fsp3) is 0.238. The summed E-state index contributed by atoms with van der Waals surface area (Å²) in [4.78, 5) is 2.39. The van der Waals surface area contributed by atoms with Crippen molar-refractivity contribution in [3.63, 3.8) is 0 Å². The summed E-state index contributed by atoms with van der Waals surface area (Å²) in [5.41, 5.74) is 23.7. The molecule has 324 valence electrons. The van der Waals surface area contributed by atoms with Crippen molar-refractivity contribution in [1.29, 1.82) is 0 Å². The molecular weight excluding hydrogens is 785 g/mol. The second-order valence-electron chi connectivity index (χ2n) is 18.6. The van der Waals surface area contributed by atoms with Crippen LogP contribution < -0.4 is 4.90 Å². The number of hydrogen-bond donors (Lipinski definition) is 0. The average molecular weight is 847 g/mol. The van der Waals surface area contributed by atoms with Gasteiger partial charge in [0.1, 0.15) is 0 Å². The van der Waals surface area contributed by atoms with E-state index in [1.165, 1.54) is 146 Å². The molecule has 0 saturated heterocycles. The van der Waals surface area contributed by atoms with E-state index < -0.39 is 0 Å². The van der Waals surface area contributed by atoms with E-state index >= 15 is 0 Å². The van der Waals surface area contributed by atoms with Crippen LogP contribution in [0.1, 0.15) is 98.6 Å². The number of aryl methyl sites for hydroxylation is 4. The number of unbranched alkanes of at least 4 members (excludes halogenated alkanes) is 6. The van der Waals surface area contributed by atoms with Gasteiger partial charge in [0.05, 0.1) is 11.0 Å². The van der Waals surface area contributed by atoms with Crippen molar-refractivity contribution in [2.24, 2.45) is 0 Å². The van der Waals surface area contributed by atoms with Crippen LogP contribution in [0.15, 0.2) is 170 Å². The number of anilines is 3. The lowest BCUT2D eigenvalue weighted by atomic mass is 9.90. The molecule has 0 fully saturated rings. The Morgan fingerprint density at radius 1 is 0.415 bits per heavy atom. The topological polar surface area (TPSA) is 8.17 Å². The highest BCUT2D eigenvalue weighted by Gasteiger charge is 2.24. The van der Waals surface area contributed by atoms with Gasteiger partial charge in [-0.1, -0.05) is 167 Å². The Bertz CT molecular complexity index is 3080. The van der Waals surface area contributed by atoms with Gasteiger partial charge in [0.15, 0.2) is 0 Å². The third-order valence-electron chi connectivity index (χ3n) is 13.9. The van der Waals surface area contributed by atoms with Gasteiger partial charge in [-0.05, 0) is 168 Å². The molecule has 9 aromatic rings. The molecule has 0 bridgehead atoms. The Labute approximate surface area is 387 Å². The molecule has 10 rings (SSSR count). The standard InChI is InChI=1S/C63H62N2/c1-5-7-9-12-20-49-42-62(65-61-23-17-16-22-57(61)60-41-52-39-51-38-45(4)26-37-56(51)59(52)43-63(60)65)50(21-13-10-8-6-2)40-58(49)48-29-35-55(36-30-48)64(53-31-24-44(3)25-32-53)54-33-27-47(28-34-54)46-18-14-11-15-19-46/h11,14-19,22-38,40-43H,5-10,12-13,20-21,39H2,1-4H3. The summed E-state index contributed by atoms with van der Waals surface area (Å²) < 4.78 is 2.64. The summed E-state index contributed by atoms with van der Waals surface area (Å²) in [6.07, 6.45) is 13.0. The van der Waals surface area contributed by atoms with E-state index in [2.05, 4.69) is 207 Å². The van der Waals surface area contributed by atoms with E-state index in [-0.39, 0.29) is 0 Å². The smallest absolute Gasteiger partial charge is 0.0547 e. The molecule has 0 aliphatic heterocycles. The Morgan fingerprint density at radius 2 is 1.00 bits per heavy atom. The number of rotatable bonds is 16. The monoisotopic (exact) mass is 846 g/mol. The molecule has 0 N–H and O–H groups in total. The van der Waals surface area contributed by atoms with E-state index in [1.807, 2.05) is 0 Å². The average Bonchev–Trinajstić information content (AvgIpc) is 3.86. The maximum atomic E-state index is 2.64. The van der Waals surface area contributed by atoms with Gasteiger partial charge < -0.3 is 9.47 Å². The molecule has 0 saturated carbocycles. The summed E-state index contributed by atoms with van der Waals surface area (Å²) in [5.74, 6) is 0. The Balaban J connectivity index is 1.10. The predicted molar refractivity (Wildman–Crippen MR) is 280 cm³/mol. The number of benzene rings is 8. The van der Waals surface area contributed by atoms with Crippen molar-refractivity contribution < 1.29 is 0 Å². The molecule has 1 aliphatic carbocycles. The van der Waals surface area contributed by atoms with Crippen LogP contribution in [0, 0.1) is 13.8 Å². The lowest BCUT2D eigenvalue weighted by Gasteiger charge is -2.26. The zero-order valence-corrected chi connectivity index (χ0v) is 38.8. The number of fused-ring (bicyclic) bond motifs is 6. The first-order valence-corrected chi connectivity index (χ1v) is 24.4. The molecule has 2 heteroatoms. The first-order valence-electron chi connectivity index (χ1n) is 24.4. The molecule has 0 atom stereocenters. The summed E-state index contributed by atoms with van der Waals surface area (Å²) in [7, 11) is 0. The molecule has 1 aliphatic rings. The minimum absolute atomic E-state index is 1.00. The highest BCUT2D eigenvalue weighted by Crippen LogP contribution is 2.44. The van der Waals surface area contributed by atoms with Crippen LogP contribution in [0.5, 0.6) is 0 Å². The van der Waals surface area contributed by atoms with Crippen molar-refractivity contribution >= 4 is 38.9 Å². The normalized spacial score (nSPS) is 11.9. The SMILES string of the molecule is CCCCCCc1cc(-n2c3ccccc3c3cc4c(cc32)-c2ccc(C)cc2C4)c(CCCCCC)cc1-c1ccc(N(c2ccc(C)cc2)c2ccc(-c3ccccc3)cc2)cc1. The van der Waals surface area contributed by atoms with E-state index in [4.69, 9.17) is 0 Å². The van der Waals surface area contributed by atoms with E-state index in [1.54, 1.807) is 0 Å². The largest absolute Gasteiger partial charge is 0.311 e. The highest BCUT2D eigenvalue weighted by molar-refractivity contribution is 6.11. The Hall–Kier alpha value is -6.64. The second-order valence-corrected chi connectivity index (χ2v) is 18.6. The van der Waals surface area contributed by atoms with Gasteiger partial charge in [-0.2, -0.15) is 0 Å². The molecule has 0 unspecified atom stereocenters. The van der Waals surface area contributed by atoms with Crippen molar-refractivity contribution in [3.8, 4) is 39.1 Å². The van der Waals surface area contributed by atoms with Gasteiger partial charge in [0.2, 0.25) is 0 Å². The zero-order valence-electron chi connectivity index (χ0n) is 38.8. The number of nitrogens with zero attached hydrogens (tertiary/aromatic N) is 2. The summed E-state index contributed by atoms with van der Waals surface area (Å²) in [6.45, 7) is 9.01. The summed E-state index contributed by atoms with van der Waals surface area (Å²) >= 11 is 0. The van der Waals surface area contributed by atoms with Crippen LogP contribution in [0.3, 0.4) is 0 Å². The first kappa shape index (κ1) is 42.3. The fourth-order valence-electron chi connectivity index (χ4n) is 10.5. The van der Waals surface area contributed by atoms with Crippen LogP contribution in [0.25, 0.3) is 60.9 Å². The van der Waals surface area contributed by atoms with Crippen molar-refractivity contribution in [3.05, 3.63) is 203 Å². The zero-order chi connectivity index (χ0) is 44.3. The second kappa shape index (κ2) is 18.8. The quantitative estimate of drug-likeness (QED) is 0.0880. The minimum Gasteiger partial charge on any atom is -0.311 e. The van der Waals surface area contributed by atoms with Crippen LogP contribution in [0.4, 0.5) is 17.1 Å². The molecule has 8 aromatic carbocycles. The molecule has 0 radical (unpaired) electrons. The van der Waals surface area contributed by atoms with Crippen molar-refractivity contribution in [2.45, 2.75) is 98.3 Å². The van der Waals surface area contributed by atoms with Crippen molar-refractivity contribution in [2.75, 3.05) is 4.90 Å².